The maximum absolute atomic E-state index is 13.3. The monoisotopic (exact) mass is 482 g/mol. The molecule has 0 spiro atoms. The molecule has 4 rings (SSSR count). The Bertz CT molecular complexity index is 1220. The van der Waals surface area contributed by atoms with Gasteiger partial charge in [-0.05, 0) is 32.4 Å². The van der Waals surface area contributed by atoms with Crippen molar-refractivity contribution >= 4 is 23.5 Å². The van der Waals surface area contributed by atoms with Crippen molar-refractivity contribution in [3.05, 3.63) is 41.3 Å². The second kappa shape index (κ2) is 10.6. The lowest BCUT2D eigenvalue weighted by Crippen LogP contribution is -2.49. The third kappa shape index (κ3) is 4.98. The van der Waals surface area contributed by atoms with E-state index >= 15 is 0 Å². The van der Waals surface area contributed by atoms with Crippen LogP contribution in [-0.2, 0) is 16.0 Å². The SMILES string of the molecule is CCOC(=O)CCc1c(C)nc2ncnn2c1N1CCN(C(=O)c2ccc(OC)cc2OC)CC1. The summed E-state index contributed by atoms with van der Waals surface area (Å²) in [7, 11) is 3.11. The Kier molecular flexibility index (Phi) is 7.33. The first-order valence-corrected chi connectivity index (χ1v) is 11.6. The van der Waals surface area contributed by atoms with E-state index in [9.17, 15) is 9.59 Å². The highest BCUT2D eigenvalue weighted by Gasteiger charge is 2.28. The van der Waals surface area contributed by atoms with E-state index in [1.807, 2.05) is 11.8 Å². The minimum atomic E-state index is -0.250. The highest BCUT2D eigenvalue weighted by Crippen LogP contribution is 2.28. The molecular formula is C24H30N6O5. The number of anilines is 1. The molecule has 1 fully saturated rings. The number of ether oxygens (including phenoxy) is 3. The predicted molar refractivity (Wildman–Crippen MR) is 128 cm³/mol. The summed E-state index contributed by atoms with van der Waals surface area (Å²) in [6.45, 7) is 6.27. The molecule has 1 amide bonds. The van der Waals surface area contributed by atoms with E-state index in [4.69, 9.17) is 14.2 Å². The number of carbonyl (C=O) groups is 2. The first-order valence-electron chi connectivity index (χ1n) is 11.6. The molecule has 2 aromatic heterocycles. The summed E-state index contributed by atoms with van der Waals surface area (Å²) < 4.78 is 17.5. The fraction of sp³-hybridized carbons (Fsp3) is 0.458. The van der Waals surface area contributed by atoms with Crippen LogP contribution in [0.1, 0.15) is 35.0 Å². The van der Waals surface area contributed by atoms with Gasteiger partial charge in [-0.3, -0.25) is 9.59 Å². The molecule has 11 nitrogen and oxygen atoms in total. The topological polar surface area (TPSA) is 111 Å². The third-order valence-electron chi connectivity index (χ3n) is 6.09. The molecule has 1 aromatic carbocycles. The van der Waals surface area contributed by atoms with E-state index in [2.05, 4.69) is 20.0 Å². The van der Waals surface area contributed by atoms with Gasteiger partial charge in [0.25, 0.3) is 11.7 Å². The molecule has 0 atom stereocenters. The van der Waals surface area contributed by atoms with Gasteiger partial charge in [0.1, 0.15) is 23.6 Å². The van der Waals surface area contributed by atoms with Crippen LogP contribution in [0.4, 0.5) is 5.82 Å². The van der Waals surface area contributed by atoms with Crippen LogP contribution >= 0.6 is 0 Å². The second-order valence-corrected chi connectivity index (χ2v) is 8.12. The molecule has 3 heterocycles. The number of aromatic nitrogens is 4. The van der Waals surface area contributed by atoms with Crippen molar-refractivity contribution in [2.75, 3.05) is 51.9 Å². The van der Waals surface area contributed by atoms with Crippen molar-refractivity contribution in [2.24, 2.45) is 0 Å². The number of hydrogen-bond acceptors (Lipinski definition) is 9. The van der Waals surface area contributed by atoms with Crippen LogP contribution in [-0.4, -0.2) is 83.4 Å². The molecule has 0 saturated carbocycles. The number of hydrogen-bond donors (Lipinski definition) is 0. The maximum atomic E-state index is 13.3. The van der Waals surface area contributed by atoms with Crippen molar-refractivity contribution < 1.29 is 23.8 Å². The number of nitrogens with zero attached hydrogens (tertiary/aromatic N) is 6. The lowest BCUT2D eigenvalue weighted by atomic mass is 10.1. The van der Waals surface area contributed by atoms with E-state index in [1.54, 1.807) is 36.7 Å². The van der Waals surface area contributed by atoms with Gasteiger partial charge in [-0.1, -0.05) is 0 Å². The van der Waals surface area contributed by atoms with Crippen molar-refractivity contribution in [2.45, 2.75) is 26.7 Å². The predicted octanol–water partition coefficient (Wildman–Crippen LogP) is 1.91. The standard InChI is InChI=1S/C24H30N6O5/c1-5-35-21(31)9-8-18-16(2)27-24-25-15-26-30(24)22(18)28-10-12-29(13-11-28)23(32)19-7-6-17(33-3)14-20(19)34-4/h6-7,14-15H,5,8-13H2,1-4H3. The van der Waals surface area contributed by atoms with Crippen LogP contribution < -0.4 is 14.4 Å². The van der Waals surface area contributed by atoms with Crippen LogP contribution in [0, 0.1) is 6.92 Å². The molecule has 0 N–H and O–H groups in total. The van der Waals surface area contributed by atoms with Gasteiger partial charge >= 0.3 is 5.97 Å². The quantitative estimate of drug-likeness (QED) is 0.445. The Morgan fingerprint density at radius 2 is 1.86 bits per heavy atom. The summed E-state index contributed by atoms with van der Waals surface area (Å²) in [6, 6.07) is 5.19. The Hall–Kier alpha value is -3.89. The van der Waals surface area contributed by atoms with Crippen molar-refractivity contribution in [3.8, 4) is 11.5 Å². The number of fused-ring (bicyclic) bond motifs is 1. The fourth-order valence-electron chi connectivity index (χ4n) is 4.31. The summed E-state index contributed by atoms with van der Waals surface area (Å²) in [5.41, 5.74) is 2.22. The van der Waals surface area contributed by atoms with Crippen molar-refractivity contribution in [3.63, 3.8) is 0 Å². The van der Waals surface area contributed by atoms with Crippen LogP contribution in [0.5, 0.6) is 11.5 Å². The minimum absolute atomic E-state index is 0.0940. The molecule has 0 radical (unpaired) electrons. The molecule has 186 valence electrons. The number of aryl methyl sites for hydroxylation is 1. The highest BCUT2D eigenvalue weighted by atomic mass is 16.5. The van der Waals surface area contributed by atoms with Crippen LogP contribution in [0.2, 0.25) is 0 Å². The van der Waals surface area contributed by atoms with Gasteiger partial charge in [0, 0.05) is 49.9 Å². The molecule has 1 aliphatic heterocycles. The Labute approximate surface area is 203 Å². The number of benzene rings is 1. The second-order valence-electron chi connectivity index (χ2n) is 8.12. The van der Waals surface area contributed by atoms with Gasteiger partial charge in [-0.25, -0.2) is 4.98 Å². The Morgan fingerprint density at radius 1 is 1.09 bits per heavy atom. The van der Waals surface area contributed by atoms with Gasteiger partial charge in [0.2, 0.25) is 0 Å². The van der Waals surface area contributed by atoms with E-state index < -0.39 is 0 Å². The van der Waals surface area contributed by atoms with E-state index in [-0.39, 0.29) is 18.3 Å². The molecule has 0 aliphatic carbocycles. The molecule has 1 aliphatic rings. The third-order valence-corrected chi connectivity index (χ3v) is 6.09. The Balaban J connectivity index is 1.55. The van der Waals surface area contributed by atoms with Crippen LogP contribution in [0.15, 0.2) is 24.5 Å². The molecule has 11 heteroatoms. The van der Waals surface area contributed by atoms with E-state index in [0.717, 1.165) is 17.1 Å². The summed E-state index contributed by atoms with van der Waals surface area (Å²) in [4.78, 5) is 38.1. The molecule has 35 heavy (non-hydrogen) atoms. The van der Waals surface area contributed by atoms with E-state index in [1.165, 1.54) is 13.4 Å². The van der Waals surface area contributed by atoms with Crippen LogP contribution in [0.3, 0.4) is 0 Å². The number of carbonyl (C=O) groups excluding carboxylic acids is 2. The van der Waals surface area contributed by atoms with Gasteiger partial charge in [0.05, 0.1) is 26.4 Å². The first-order chi connectivity index (χ1) is 17.0. The largest absolute Gasteiger partial charge is 0.497 e. The van der Waals surface area contributed by atoms with Gasteiger partial charge in [0.15, 0.2) is 0 Å². The Morgan fingerprint density at radius 3 is 2.54 bits per heavy atom. The lowest BCUT2D eigenvalue weighted by Gasteiger charge is -2.37. The van der Waals surface area contributed by atoms with Gasteiger partial charge in [-0.15, -0.1) is 0 Å². The van der Waals surface area contributed by atoms with Gasteiger partial charge < -0.3 is 24.0 Å². The summed E-state index contributed by atoms with van der Waals surface area (Å²) in [5, 5.41) is 4.38. The summed E-state index contributed by atoms with van der Waals surface area (Å²) in [5.74, 6) is 2.11. The first kappa shape index (κ1) is 24.2. The maximum Gasteiger partial charge on any atom is 0.306 e. The molecule has 3 aromatic rings. The zero-order valence-electron chi connectivity index (χ0n) is 20.5. The number of piperazine rings is 1. The molecule has 0 unspecified atom stereocenters. The van der Waals surface area contributed by atoms with Crippen molar-refractivity contribution in [1.82, 2.24) is 24.5 Å². The smallest absolute Gasteiger partial charge is 0.306 e. The summed E-state index contributed by atoms with van der Waals surface area (Å²) in [6.07, 6.45) is 2.19. The minimum Gasteiger partial charge on any atom is -0.497 e. The fourth-order valence-corrected chi connectivity index (χ4v) is 4.31. The normalized spacial score (nSPS) is 13.7. The number of amides is 1. The van der Waals surface area contributed by atoms with Crippen molar-refractivity contribution in [1.29, 1.82) is 0 Å². The number of methoxy groups -OCH3 is 2. The zero-order valence-corrected chi connectivity index (χ0v) is 20.5. The average molecular weight is 483 g/mol. The van der Waals surface area contributed by atoms with E-state index in [0.29, 0.717) is 62.0 Å². The number of esters is 1. The summed E-state index contributed by atoms with van der Waals surface area (Å²) >= 11 is 0. The number of rotatable bonds is 8. The average Bonchev–Trinajstić information content (AvgIpc) is 3.34. The lowest BCUT2D eigenvalue weighted by molar-refractivity contribution is -0.143. The molecule has 1 saturated heterocycles. The highest BCUT2D eigenvalue weighted by molar-refractivity contribution is 5.97. The van der Waals surface area contributed by atoms with Crippen LogP contribution in [0.25, 0.3) is 5.78 Å². The molecular weight excluding hydrogens is 452 g/mol. The zero-order chi connectivity index (χ0) is 24.9. The van der Waals surface area contributed by atoms with Gasteiger partial charge in [-0.2, -0.15) is 14.6 Å². The molecule has 0 bridgehead atoms.